The number of hydrogen-bond acceptors (Lipinski definition) is 3. The zero-order chi connectivity index (χ0) is 15.5. The van der Waals surface area contributed by atoms with Crippen LogP contribution >= 0.6 is 0 Å². The summed E-state index contributed by atoms with van der Waals surface area (Å²) in [4.78, 5) is 22.1. The van der Waals surface area contributed by atoms with Crippen LogP contribution in [0.3, 0.4) is 0 Å². The van der Waals surface area contributed by atoms with E-state index >= 15 is 0 Å². The Morgan fingerprint density at radius 2 is 1.91 bits per heavy atom. The summed E-state index contributed by atoms with van der Waals surface area (Å²) in [5, 5.41) is 9.36. The van der Waals surface area contributed by atoms with Gasteiger partial charge in [0.25, 0.3) is 0 Å². The van der Waals surface area contributed by atoms with Crippen molar-refractivity contribution < 1.29 is 9.18 Å². The Labute approximate surface area is 124 Å². The highest BCUT2D eigenvalue weighted by Crippen LogP contribution is 2.27. The lowest BCUT2D eigenvalue weighted by Gasteiger charge is -2.01. The van der Waals surface area contributed by atoms with E-state index in [0.29, 0.717) is 22.5 Å². The van der Waals surface area contributed by atoms with Gasteiger partial charge in [-0.3, -0.25) is 9.89 Å². The zero-order valence-electron chi connectivity index (χ0n) is 11.3. The number of benzene rings is 2. The molecule has 3 aromatic rings. The number of aromatic nitrogens is 2. The summed E-state index contributed by atoms with van der Waals surface area (Å²) in [6, 6.07) is 14.3. The molecule has 0 radical (unpaired) electrons. The quantitative estimate of drug-likeness (QED) is 0.747. The second kappa shape index (κ2) is 5.69. The minimum atomic E-state index is -0.850. The normalized spacial score (nSPS) is 10.4. The molecule has 1 amide bonds. The highest BCUT2D eigenvalue weighted by Gasteiger charge is 2.15. The molecule has 1 heterocycles. The molecule has 0 atom stereocenters. The Kier molecular flexibility index (Phi) is 3.57. The molecule has 0 fully saturated rings. The first-order valence-corrected chi connectivity index (χ1v) is 6.47. The molecule has 1 N–H and O–H groups in total. The number of nitroso groups, excluding NO2 is 1. The van der Waals surface area contributed by atoms with Crippen LogP contribution in [-0.2, 0) is 0 Å². The average molecular weight is 295 g/mol. The third kappa shape index (κ3) is 2.54. The van der Waals surface area contributed by atoms with Gasteiger partial charge in [-0.05, 0) is 24.3 Å². The summed E-state index contributed by atoms with van der Waals surface area (Å²) in [5.74, 6) is -1.21. The predicted molar refractivity (Wildman–Crippen MR) is 79.5 cm³/mol. The molecule has 6 heteroatoms. The summed E-state index contributed by atoms with van der Waals surface area (Å²) in [6.07, 6.45) is 0. The molecule has 22 heavy (non-hydrogen) atoms. The van der Waals surface area contributed by atoms with E-state index in [2.05, 4.69) is 15.4 Å². The molecule has 0 aliphatic carbocycles. The van der Waals surface area contributed by atoms with E-state index in [4.69, 9.17) is 0 Å². The largest absolute Gasteiger partial charge is 0.317 e. The number of halogens is 1. The molecule has 0 saturated heterocycles. The van der Waals surface area contributed by atoms with Crippen molar-refractivity contribution in [2.75, 3.05) is 0 Å². The monoisotopic (exact) mass is 295 g/mol. The van der Waals surface area contributed by atoms with Crippen molar-refractivity contribution in [1.29, 1.82) is 0 Å². The second-order valence-electron chi connectivity index (χ2n) is 4.62. The minimum absolute atomic E-state index is 0.187. The van der Waals surface area contributed by atoms with Crippen molar-refractivity contribution >= 4 is 5.91 Å². The van der Waals surface area contributed by atoms with Crippen LogP contribution in [0.25, 0.3) is 22.5 Å². The number of nitrogens with one attached hydrogen (secondary N) is 1. The van der Waals surface area contributed by atoms with Gasteiger partial charge in [0.15, 0.2) is 0 Å². The van der Waals surface area contributed by atoms with Crippen LogP contribution in [-0.4, -0.2) is 16.1 Å². The van der Waals surface area contributed by atoms with Crippen LogP contribution in [0.4, 0.5) is 4.39 Å². The molecule has 0 aliphatic rings. The lowest BCUT2D eigenvalue weighted by Crippen LogP contribution is -1.96. The van der Waals surface area contributed by atoms with Crippen molar-refractivity contribution in [1.82, 2.24) is 10.2 Å². The van der Waals surface area contributed by atoms with Crippen LogP contribution in [0.5, 0.6) is 0 Å². The fourth-order valence-electron chi connectivity index (χ4n) is 2.21. The molecule has 0 saturated carbocycles. The SMILES string of the molecule is O=NC(=O)c1ccccc1-c1cc(-c2cccc(F)c2)n[nH]1. The topological polar surface area (TPSA) is 75.2 Å². The van der Waals surface area contributed by atoms with Gasteiger partial charge in [0.2, 0.25) is 0 Å². The number of hydrogen-bond donors (Lipinski definition) is 1. The third-order valence-corrected chi connectivity index (χ3v) is 3.23. The third-order valence-electron chi connectivity index (χ3n) is 3.23. The van der Waals surface area contributed by atoms with Gasteiger partial charge < -0.3 is 0 Å². The van der Waals surface area contributed by atoms with E-state index in [9.17, 15) is 14.1 Å². The van der Waals surface area contributed by atoms with E-state index in [1.165, 1.54) is 18.2 Å². The number of nitrogens with zero attached hydrogens (tertiary/aromatic N) is 2. The smallest absolute Gasteiger partial charge is 0.277 e. The molecule has 5 nitrogen and oxygen atoms in total. The first kappa shape index (κ1) is 13.8. The van der Waals surface area contributed by atoms with Crippen LogP contribution in [0.2, 0.25) is 0 Å². The second-order valence-corrected chi connectivity index (χ2v) is 4.62. The molecule has 2 aromatic carbocycles. The zero-order valence-corrected chi connectivity index (χ0v) is 11.3. The molecule has 0 spiro atoms. The number of rotatable bonds is 3. The maximum atomic E-state index is 13.3. The van der Waals surface area contributed by atoms with E-state index in [1.807, 2.05) is 0 Å². The number of amides is 1. The highest BCUT2D eigenvalue weighted by molar-refractivity contribution is 6.01. The molecule has 0 unspecified atom stereocenters. The lowest BCUT2D eigenvalue weighted by molar-refractivity contribution is 0.100. The first-order chi connectivity index (χ1) is 10.7. The summed E-state index contributed by atoms with van der Waals surface area (Å²) in [6.45, 7) is 0. The van der Waals surface area contributed by atoms with Crippen molar-refractivity contribution in [2.45, 2.75) is 0 Å². The number of carbonyl (C=O) groups is 1. The van der Waals surface area contributed by atoms with Crippen LogP contribution in [0.1, 0.15) is 10.4 Å². The average Bonchev–Trinajstić information content (AvgIpc) is 3.04. The van der Waals surface area contributed by atoms with Gasteiger partial charge in [0.1, 0.15) is 5.82 Å². The first-order valence-electron chi connectivity index (χ1n) is 6.47. The molecular weight excluding hydrogens is 285 g/mol. The van der Waals surface area contributed by atoms with E-state index < -0.39 is 5.91 Å². The fourth-order valence-corrected chi connectivity index (χ4v) is 2.21. The van der Waals surface area contributed by atoms with E-state index in [-0.39, 0.29) is 11.4 Å². The molecule has 108 valence electrons. The Morgan fingerprint density at radius 1 is 1.09 bits per heavy atom. The minimum Gasteiger partial charge on any atom is -0.277 e. The van der Waals surface area contributed by atoms with Gasteiger partial charge >= 0.3 is 5.91 Å². The number of H-pyrrole nitrogens is 1. The molecule has 0 aliphatic heterocycles. The van der Waals surface area contributed by atoms with Crippen molar-refractivity contribution in [3.63, 3.8) is 0 Å². The van der Waals surface area contributed by atoms with E-state index in [0.717, 1.165) is 0 Å². The maximum Gasteiger partial charge on any atom is 0.317 e. The standard InChI is InChI=1S/C16H10FN3O2/c17-11-5-3-4-10(8-11)14-9-15(19-18-14)12-6-1-2-7-13(12)16(21)20-22/h1-9H,(H,18,19). The molecule has 0 bridgehead atoms. The summed E-state index contributed by atoms with van der Waals surface area (Å²) >= 11 is 0. The Hall–Kier alpha value is -3.15. The van der Waals surface area contributed by atoms with Crippen LogP contribution in [0, 0.1) is 10.7 Å². The van der Waals surface area contributed by atoms with Crippen molar-refractivity contribution in [3.05, 3.63) is 70.9 Å². The number of aromatic amines is 1. The summed E-state index contributed by atoms with van der Waals surface area (Å²) in [5.41, 5.74) is 2.40. The molecule has 3 rings (SSSR count). The summed E-state index contributed by atoms with van der Waals surface area (Å²) in [7, 11) is 0. The Bertz CT molecular complexity index is 858. The maximum absolute atomic E-state index is 13.3. The van der Waals surface area contributed by atoms with Gasteiger partial charge in [-0.15, -0.1) is 4.91 Å². The van der Waals surface area contributed by atoms with Gasteiger partial charge in [0, 0.05) is 16.3 Å². The summed E-state index contributed by atoms with van der Waals surface area (Å²) < 4.78 is 13.3. The van der Waals surface area contributed by atoms with Gasteiger partial charge in [0.05, 0.1) is 17.0 Å². The van der Waals surface area contributed by atoms with Crippen LogP contribution in [0.15, 0.2) is 59.8 Å². The molecule has 1 aromatic heterocycles. The number of carbonyl (C=O) groups excluding carboxylic acids is 1. The Balaban J connectivity index is 2.05. The van der Waals surface area contributed by atoms with E-state index in [1.54, 1.807) is 36.4 Å². The van der Waals surface area contributed by atoms with Gasteiger partial charge in [-0.1, -0.05) is 30.3 Å². The highest BCUT2D eigenvalue weighted by atomic mass is 19.1. The van der Waals surface area contributed by atoms with Crippen molar-refractivity contribution in [2.24, 2.45) is 5.18 Å². The fraction of sp³-hybridized carbons (Fsp3) is 0. The van der Waals surface area contributed by atoms with Crippen LogP contribution < -0.4 is 0 Å². The Morgan fingerprint density at radius 3 is 2.68 bits per heavy atom. The van der Waals surface area contributed by atoms with Crippen molar-refractivity contribution in [3.8, 4) is 22.5 Å². The van der Waals surface area contributed by atoms with Gasteiger partial charge in [-0.2, -0.15) is 5.10 Å². The molecular formula is C16H10FN3O2. The predicted octanol–water partition coefficient (Wildman–Crippen LogP) is 3.79. The lowest BCUT2D eigenvalue weighted by atomic mass is 10.0. The van der Waals surface area contributed by atoms with Gasteiger partial charge in [-0.25, -0.2) is 4.39 Å².